The van der Waals surface area contributed by atoms with Crippen LogP contribution in [0.15, 0.2) is 214 Å². The van der Waals surface area contributed by atoms with Crippen molar-refractivity contribution in [2.24, 2.45) is 0 Å². The van der Waals surface area contributed by atoms with Gasteiger partial charge in [-0.05, 0) is 149 Å². The minimum atomic E-state index is -1.47. The van der Waals surface area contributed by atoms with Crippen LogP contribution >= 0.6 is 0 Å². The highest BCUT2D eigenvalue weighted by molar-refractivity contribution is 7.85. The molecular weight excluding hydrogens is 769 g/mol. The van der Waals surface area contributed by atoms with Crippen molar-refractivity contribution in [3.63, 3.8) is 0 Å². The Bertz CT molecular complexity index is 3250. The van der Waals surface area contributed by atoms with Crippen LogP contribution in [-0.4, -0.2) is 8.42 Å². The molecule has 280 valence electrons. The van der Waals surface area contributed by atoms with Crippen LogP contribution in [-0.2, 0) is 32.4 Å². The first-order valence-corrected chi connectivity index (χ1v) is 22.8. The summed E-state index contributed by atoms with van der Waals surface area (Å²) in [6.45, 7) is 0. The third kappa shape index (κ3) is 3.78. The second kappa shape index (κ2) is 11.5. The van der Waals surface area contributed by atoms with E-state index in [0.717, 1.165) is 15.4 Å². The van der Waals surface area contributed by atoms with Crippen LogP contribution in [0, 0.1) is 0 Å². The van der Waals surface area contributed by atoms with E-state index in [1.54, 1.807) is 0 Å². The molecule has 3 atom stereocenters. The topological polar surface area (TPSA) is 34.1 Å². The van der Waals surface area contributed by atoms with Crippen molar-refractivity contribution in [1.29, 1.82) is 0 Å². The van der Waals surface area contributed by atoms with Gasteiger partial charge < -0.3 is 0 Å². The Morgan fingerprint density at radius 3 is 0.967 bits per heavy atom. The molecule has 0 radical (unpaired) electrons. The van der Waals surface area contributed by atoms with Gasteiger partial charge in [0.1, 0.15) is 0 Å². The molecule has 5 aliphatic rings. The maximum absolute atomic E-state index is 14.6. The van der Waals surface area contributed by atoms with E-state index in [1.165, 1.54) is 94.6 Å². The molecule has 0 aromatic heterocycles. The molecule has 3 unspecified atom stereocenters. The number of benzene rings is 9. The van der Waals surface area contributed by atoms with Gasteiger partial charge in [0.05, 0.1) is 32.4 Å². The Hall–Kier alpha value is -6.72. The fourth-order valence-corrected chi connectivity index (χ4v) is 14.1. The predicted molar refractivity (Wildman–Crippen MR) is 240 cm³/mol. The summed E-state index contributed by atoms with van der Waals surface area (Å²) in [6, 6.07) is 68.8. The van der Waals surface area contributed by atoms with Gasteiger partial charge in [0.2, 0.25) is 0 Å². The van der Waals surface area contributed by atoms with Gasteiger partial charge in [-0.1, -0.05) is 146 Å². The van der Waals surface area contributed by atoms with Gasteiger partial charge in [0.15, 0.2) is 0 Å². The monoisotopic (exact) mass is 800 g/mol. The molecule has 2 nitrogen and oxygen atoms in total. The lowest BCUT2D eigenvalue weighted by Crippen LogP contribution is -2.26. The van der Waals surface area contributed by atoms with E-state index < -0.39 is 32.4 Å². The maximum atomic E-state index is 14.6. The van der Waals surface area contributed by atoms with Gasteiger partial charge in [0, 0.05) is 19.6 Å². The molecule has 0 aliphatic heterocycles. The molecule has 5 aliphatic carbocycles. The minimum Gasteiger partial charge on any atom is -0.249 e. The zero-order chi connectivity index (χ0) is 39.5. The van der Waals surface area contributed by atoms with Crippen molar-refractivity contribution >= 4 is 21.6 Å². The molecule has 0 N–H and O–H groups in total. The summed E-state index contributed by atoms with van der Waals surface area (Å²) in [4.78, 5) is 2.89. The fourth-order valence-electron chi connectivity index (χ4n) is 12.0. The standard InChI is InChI=1S/C56H32O2S2/c57-59(35-27-29-41-39-13-3-7-21-49(39)55(51(41)31-35)47-19-5-1-11-37(47)38-12-2-6-20-48(38)55)33-23-25-34(26-24-33)60(58)36-28-30-42-44-16-10-18-46-45-17-9-15-43-40-14-4-8-22-50(40)56(53(43)45,54(44)46)52(42)32-36/h1-32H. The summed E-state index contributed by atoms with van der Waals surface area (Å²) in [5.41, 5.74) is 21.7. The summed E-state index contributed by atoms with van der Waals surface area (Å²) in [5, 5.41) is 0. The first kappa shape index (κ1) is 33.1. The lowest BCUT2D eigenvalue weighted by atomic mass is 9.70. The molecule has 2 spiro atoms. The first-order valence-electron chi connectivity index (χ1n) is 20.5. The predicted octanol–water partition coefficient (Wildman–Crippen LogP) is 12.7. The molecule has 60 heavy (non-hydrogen) atoms. The van der Waals surface area contributed by atoms with Crippen LogP contribution in [0.2, 0.25) is 0 Å². The Morgan fingerprint density at radius 1 is 0.250 bits per heavy atom. The van der Waals surface area contributed by atoms with E-state index in [1.807, 2.05) is 36.4 Å². The minimum absolute atomic E-state index is 0.427. The maximum Gasteiger partial charge on any atom is 0.0849 e. The SMILES string of the molecule is O=S(c1ccc(S(=O)c2ccc3c(c2)C24c5ccccc5-c5cccc(c52)-c2cccc-3c24)cc1)c1ccc2c(c1)C1(c3ccccc3-c3ccccc31)c1ccccc1-2. The molecule has 0 heterocycles. The van der Waals surface area contributed by atoms with Crippen molar-refractivity contribution in [1.82, 2.24) is 0 Å². The Kier molecular flexibility index (Phi) is 6.36. The highest BCUT2D eigenvalue weighted by Crippen LogP contribution is 2.70. The Morgan fingerprint density at radius 2 is 0.533 bits per heavy atom. The Labute approximate surface area is 352 Å². The van der Waals surface area contributed by atoms with Crippen molar-refractivity contribution in [3.05, 3.63) is 239 Å². The molecule has 0 amide bonds. The zero-order valence-corrected chi connectivity index (χ0v) is 33.7. The average Bonchev–Trinajstić information content (AvgIpc) is 4.07. The van der Waals surface area contributed by atoms with Crippen LogP contribution in [0.25, 0.3) is 55.6 Å². The van der Waals surface area contributed by atoms with Gasteiger partial charge in [-0.3, -0.25) is 0 Å². The van der Waals surface area contributed by atoms with Gasteiger partial charge >= 0.3 is 0 Å². The summed E-state index contributed by atoms with van der Waals surface area (Å²) >= 11 is 0. The zero-order valence-electron chi connectivity index (χ0n) is 32.1. The van der Waals surface area contributed by atoms with E-state index >= 15 is 0 Å². The van der Waals surface area contributed by atoms with Gasteiger partial charge in [-0.15, -0.1) is 0 Å². The van der Waals surface area contributed by atoms with E-state index in [2.05, 4.69) is 158 Å². The lowest BCUT2D eigenvalue weighted by Gasteiger charge is -2.30. The second-order valence-corrected chi connectivity index (χ2v) is 19.5. The average molecular weight is 801 g/mol. The van der Waals surface area contributed by atoms with Crippen molar-refractivity contribution in [2.75, 3.05) is 0 Å². The first-order chi connectivity index (χ1) is 29.6. The molecule has 0 saturated heterocycles. The number of fused-ring (bicyclic) bond motifs is 15. The summed E-state index contributed by atoms with van der Waals surface area (Å²) < 4.78 is 29.2. The largest absolute Gasteiger partial charge is 0.249 e. The molecule has 14 rings (SSSR count). The molecule has 0 fully saturated rings. The van der Waals surface area contributed by atoms with Crippen molar-refractivity contribution < 1.29 is 8.42 Å². The second-order valence-electron chi connectivity index (χ2n) is 16.6. The molecule has 0 bridgehead atoms. The summed E-state index contributed by atoms with van der Waals surface area (Å²) in [5.74, 6) is 0. The molecular formula is C56H32O2S2. The van der Waals surface area contributed by atoms with Crippen LogP contribution < -0.4 is 0 Å². The van der Waals surface area contributed by atoms with Gasteiger partial charge in [-0.2, -0.15) is 0 Å². The van der Waals surface area contributed by atoms with Crippen molar-refractivity contribution in [2.45, 2.75) is 30.4 Å². The molecule has 0 saturated carbocycles. The van der Waals surface area contributed by atoms with Gasteiger partial charge in [-0.25, -0.2) is 8.42 Å². The van der Waals surface area contributed by atoms with E-state index in [0.29, 0.717) is 9.79 Å². The molecule has 9 aromatic carbocycles. The third-order valence-electron chi connectivity index (χ3n) is 14.1. The molecule has 9 aromatic rings. The Balaban J connectivity index is 0.846. The van der Waals surface area contributed by atoms with Crippen LogP contribution in [0.4, 0.5) is 0 Å². The highest BCUT2D eigenvalue weighted by Gasteiger charge is 2.57. The smallest absolute Gasteiger partial charge is 0.0849 e. The number of hydrogen-bond donors (Lipinski definition) is 0. The summed E-state index contributed by atoms with van der Waals surface area (Å²) in [6.07, 6.45) is 0. The summed E-state index contributed by atoms with van der Waals surface area (Å²) in [7, 11) is -2.93. The van der Waals surface area contributed by atoms with E-state index in [9.17, 15) is 8.42 Å². The third-order valence-corrected chi connectivity index (χ3v) is 16.9. The van der Waals surface area contributed by atoms with E-state index in [-0.39, 0.29) is 0 Å². The van der Waals surface area contributed by atoms with Gasteiger partial charge in [0.25, 0.3) is 0 Å². The highest BCUT2D eigenvalue weighted by atomic mass is 32.2. The quantitative estimate of drug-likeness (QED) is 0.178. The lowest BCUT2D eigenvalue weighted by molar-refractivity contribution is 0.680. The normalized spacial score (nSPS) is 17.5. The van der Waals surface area contributed by atoms with Crippen LogP contribution in [0.1, 0.15) is 44.5 Å². The van der Waals surface area contributed by atoms with E-state index in [4.69, 9.17) is 0 Å². The van der Waals surface area contributed by atoms with Crippen LogP contribution in [0.5, 0.6) is 0 Å². The van der Waals surface area contributed by atoms with Crippen molar-refractivity contribution in [3.8, 4) is 55.6 Å². The van der Waals surface area contributed by atoms with Crippen LogP contribution in [0.3, 0.4) is 0 Å². The fraction of sp³-hybridized carbons (Fsp3) is 0.0357. The number of rotatable bonds is 4. The number of hydrogen-bond acceptors (Lipinski definition) is 2. The molecule has 4 heteroatoms.